The Balaban J connectivity index is 1.80. The van der Waals surface area contributed by atoms with E-state index < -0.39 is 15.1 Å². The molecule has 3 aromatic rings. The lowest BCUT2D eigenvalue weighted by Gasteiger charge is -2.15. The average molecular weight is 491 g/mol. The maximum Gasteiger partial charge on any atom is 0.237 e. The number of carbonyl (C=O) groups excluding carboxylic acids is 1. The number of benzene rings is 2. The van der Waals surface area contributed by atoms with Gasteiger partial charge in [-0.1, -0.05) is 60.6 Å². The molecule has 10 heteroatoms. The van der Waals surface area contributed by atoms with Gasteiger partial charge in [-0.25, -0.2) is 8.42 Å². The van der Waals surface area contributed by atoms with E-state index in [4.69, 9.17) is 11.6 Å². The number of amides is 1. The first-order chi connectivity index (χ1) is 15.3. The maximum absolute atomic E-state index is 12.8. The number of allylic oxidation sites excluding steroid dienone is 1. The lowest BCUT2D eigenvalue weighted by Crippen LogP contribution is -2.25. The van der Waals surface area contributed by atoms with Crippen LogP contribution in [-0.4, -0.2) is 34.3 Å². The van der Waals surface area contributed by atoms with Gasteiger partial charge >= 0.3 is 0 Å². The largest absolute Gasteiger partial charge is 0.325 e. The molecule has 1 N–H and O–H groups in total. The predicted molar refractivity (Wildman–Crippen MR) is 128 cm³/mol. The fourth-order valence-corrected chi connectivity index (χ4v) is 5.41. The minimum Gasteiger partial charge on any atom is -0.325 e. The number of hydrogen-bond donors (Lipinski definition) is 1. The smallest absolute Gasteiger partial charge is 0.237 e. The van der Waals surface area contributed by atoms with Crippen LogP contribution in [0.5, 0.6) is 0 Å². The molecule has 0 bridgehead atoms. The van der Waals surface area contributed by atoms with Crippen molar-refractivity contribution in [3.63, 3.8) is 0 Å². The lowest BCUT2D eigenvalue weighted by atomic mass is 10.3. The van der Waals surface area contributed by atoms with Crippen molar-refractivity contribution in [3.05, 3.63) is 78.1 Å². The number of rotatable bonds is 10. The highest BCUT2D eigenvalue weighted by Gasteiger charge is 2.25. The summed E-state index contributed by atoms with van der Waals surface area (Å²) in [5, 5.41) is 11.6. The van der Waals surface area contributed by atoms with Crippen molar-refractivity contribution in [2.45, 2.75) is 40.9 Å². The Morgan fingerprint density at radius 2 is 1.97 bits per heavy atom. The third-order valence-corrected chi connectivity index (χ3v) is 7.74. The topological polar surface area (TPSA) is 93.9 Å². The molecule has 1 aromatic heterocycles. The number of aromatic nitrogens is 3. The summed E-state index contributed by atoms with van der Waals surface area (Å²) in [4.78, 5) is 13.0. The second-order valence-corrected chi connectivity index (χ2v) is 10.5. The molecule has 7 nitrogen and oxygen atoms in total. The second kappa shape index (κ2) is 10.8. The summed E-state index contributed by atoms with van der Waals surface area (Å²) in [6.45, 7) is 5.96. The number of nitrogens with zero attached hydrogens (tertiary/aromatic N) is 3. The number of carbonyl (C=O) groups is 1. The highest BCUT2D eigenvalue weighted by atomic mass is 35.5. The van der Waals surface area contributed by atoms with Crippen molar-refractivity contribution in [1.29, 1.82) is 0 Å². The third-order valence-electron chi connectivity index (χ3n) is 4.53. The predicted octanol–water partition coefficient (Wildman–Crippen LogP) is 4.60. The molecule has 32 heavy (non-hydrogen) atoms. The molecule has 0 aliphatic carbocycles. The Morgan fingerprint density at radius 3 is 2.62 bits per heavy atom. The molecule has 0 saturated heterocycles. The molecule has 0 fully saturated rings. The van der Waals surface area contributed by atoms with Gasteiger partial charge in [0.05, 0.1) is 10.1 Å². The fraction of sp³-hybridized carbons (Fsp3) is 0.227. The summed E-state index contributed by atoms with van der Waals surface area (Å²) >= 11 is 7.22. The number of thioether (sulfide) groups is 1. The van der Waals surface area contributed by atoms with Gasteiger partial charge in [0.2, 0.25) is 5.91 Å². The van der Waals surface area contributed by atoms with E-state index in [1.807, 2.05) is 6.92 Å². The quantitative estimate of drug-likeness (QED) is 0.329. The third kappa shape index (κ3) is 5.99. The SMILES string of the molecule is C=CCn1c(CS(=O)(=O)c2ccccc2)nnc1SC(CC)C(=O)Nc1cccc(Cl)c1. The van der Waals surface area contributed by atoms with E-state index >= 15 is 0 Å². The van der Waals surface area contributed by atoms with Gasteiger partial charge < -0.3 is 9.88 Å². The maximum atomic E-state index is 12.8. The molecule has 0 aliphatic heterocycles. The molecule has 0 saturated carbocycles. The molecular weight excluding hydrogens is 468 g/mol. The monoisotopic (exact) mass is 490 g/mol. The number of anilines is 1. The van der Waals surface area contributed by atoms with Gasteiger partial charge in [-0.05, 0) is 36.8 Å². The highest BCUT2D eigenvalue weighted by Crippen LogP contribution is 2.27. The van der Waals surface area contributed by atoms with Crippen LogP contribution in [0, 0.1) is 0 Å². The Hall–Kier alpha value is -2.62. The van der Waals surface area contributed by atoms with E-state index in [9.17, 15) is 13.2 Å². The van der Waals surface area contributed by atoms with Gasteiger partial charge in [0.15, 0.2) is 15.0 Å². The van der Waals surface area contributed by atoms with Gasteiger partial charge in [-0.2, -0.15) is 0 Å². The zero-order chi connectivity index (χ0) is 23.1. The minimum absolute atomic E-state index is 0.202. The first-order valence-corrected chi connectivity index (χ1v) is 12.8. The molecule has 3 rings (SSSR count). The van der Waals surface area contributed by atoms with Gasteiger partial charge in [-0.15, -0.1) is 16.8 Å². The molecule has 0 spiro atoms. The molecule has 1 heterocycles. The van der Waals surface area contributed by atoms with Crippen molar-refractivity contribution in [3.8, 4) is 0 Å². The van der Waals surface area contributed by atoms with E-state index in [0.717, 1.165) is 0 Å². The molecule has 2 aromatic carbocycles. The summed E-state index contributed by atoms with van der Waals surface area (Å²) < 4.78 is 27.3. The zero-order valence-electron chi connectivity index (χ0n) is 17.4. The summed E-state index contributed by atoms with van der Waals surface area (Å²) in [5.74, 6) is -0.211. The Kier molecular flexibility index (Phi) is 8.11. The molecule has 0 aliphatic rings. The van der Waals surface area contributed by atoms with Crippen LogP contribution >= 0.6 is 23.4 Å². The van der Waals surface area contributed by atoms with Gasteiger partial charge in [-0.3, -0.25) is 4.79 Å². The van der Waals surface area contributed by atoms with Crippen LogP contribution < -0.4 is 5.32 Å². The van der Waals surface area contributed by atoms with E-state index in [2.05, 4.69) is 22.1 Å². The summed E-state index contributed by atoms with van der Waals surface area (Å²) in [6.07, 6.45) is 2.18. The van der Waals surface area contributed by atoms with E-state index in [0.29, 0.717) is 34.7 Å². The second-order valence-electron chi connectivity index (χ2n) is 6.88. The van der Waals surface area contributed by atoms with E-state index in [-0.39, 0.29) is 16.6 Å². The van der Waals surface area contributed by atoms with Crippen LogP contribution in [-0.2, 0) is 26.9 Å². The minimum atomic E-state index is -3.59. The lowest BCUT2D eigenvalue weighted by molar-refractivity contribution is -0.115. The average Bonchev–Trinajstić information content (AvgIpc) is 3.13. The van der Waals surface area contributed by atoms with Crippen LogP contribution in [0.25, 0.3) is 0 Å². The zero-order valence-corrected chi connectivity index (χ0v) is 19.8. The van der Waals surface area contributed by atoms with Crippen LogP contribution in [0.15, 0.2) is 77.3 Å². The van der Waals surface area contributed by atoms with Crippen LogP contribution in [0.1, 0.15) is 19.2 Å². The van der Waals surface area contributed by atoms with E-state index in [1.165, 1.54) is 11.8 Å². The van der Waals surface area contributed by atoms with Crippen LogP contribution in [0.3, 0.4) is 0 Å². The molecular formula is C22H23ClN4O3S2. The van der Waals surface area contributed by atoms with Gasteiger partial charge in [0, 0.05) is 17.3 Å². The number of sulfone groups is 1. The van der Waals surface area contributed by atoms with Crippen LogP contribution in [0.2, 0.25) is 5.02 Å². The number of halogens is 1. The van der Waals surface area contributed by atoms with E-state index in [1.54, 1.807) is 65.2 Å². The van der Waals surface area contributed by atoms with Gasteiger partial charge in [0.25, 0.3) is 0 Å². The van der Waals surface area contributed by atoms with Crippen molar-refractivity contribution < 1.29 is 13.2 Å². The standard InChI is InChI=1S/C22H23ClN4O3S2/c1-3-13-27-20(15-32(29,30)18-11-6-5-7-12-18)25-26-22(27)31-19(4-2)21(28)24-17-10-8-9-16(23)14-17/h3,5-12,14,19H,1,4,13,15H2,2H3,(H,24,28). The summed E-state index contributed by atoms with van der Waals surface area (Å²) in [7, 11) is -3.59. The molecule has 0 radical (unpaired) electrons. The van der Waals surface area contributed by atoms with Crippen molar-refractivity contribution in [2.24, 2.45) is 0 Å². The summed E-state index contributed by atoms with van der Waals surface area (Å²) in [6, 6.07) is 15.1. The Morgan fingerprint density at radius 1 is 1.22 bits per heavy atom. The first-order valence-electron chi connectivity index (χ1n) is 9.88. The van der Waals surface area contributed by atoms with Crippen molar-refractivity contribution in [1.82, 2.24) is 14.8 Å². The highest BCUT2D eigenvalue weighted by molar-refractivity contribution is 8.00. The van der Waals surface area contributed by atoms with Crippen LogP contribution in [0.4, 0.5) is 5.69 Å². The number of nitrogens with one attached hydrogen (secondary N) is 1. The summed E-state index contributed by atoms with van der Waals surface area (Å²) in [5.41, 5.74) is 0.601. The van der Waals surface area contributed by atoms with Crippen molar-refractivity contribution >= 4 is 44.8 Å². The molecule has 1 amide bonds. The normalized spacial score (nSPS) is 12.3. The Bertz CT molecular complexity index is 1200. The Labute approximate surface area is 196 Å². The molecule has 1 unspecified atom stereocenters. The fourth-order valence-electron chi connectivity index (χ4n) is 2.95. The van der Waals surface area contributed by atoms with Crippen molar-refractivity contribution in [2.75, 3.05) is 5.32 Å². The number of hydrogen-bond acceptors (Lipinski definition) is 6. The molecule has 1 atom stereocenters. The molecule has 168 valence electrons. The van der Waals surface area contributed by atoms with Gasteiger partial charge in [0.1, 0.15) is 11.6 Å². The first kappa shape index (κ1) is 24.0.